The molecule has 1 saturated carbocycles. The molecule has 1 heterocycles. The molecule has 0 aromatic carbocycles. The van der Waals surface area contributed by atoms with Crippen LogP contribution in [0.15, 0.2) is 6.07 Å². The van der Waals surface area contributed by atoms with Gasteiger partial charge in [0.1, 0.15) is 0 Å². The third-order valence-corrected chi connectivity index (χ3v) is 4.67. The average molecular weight is 208 g/mol. The summed E-state index contributed by atoms with van der Waals surface area (Å²) in [6, 6.07) is 2.47. The van der Waals surface area contributed by atoms with Crippen LogP contribution >= 0.6 is 11.3 Å². The van der Waals surface area contributed by atoms with Crippen LogP contribution in [0.3, 0.4) is 0 Å². The van der Waals surface area contributed by atoms with Gasteiger partial charge in [0.15, 0.2) is 0 Å². The van der Waals surface area contributed by atoms with Crippen molar-refractivity contribution in [3.63, 3.8) is 0 Å². The highest BCUT2D eigenvalue weighted by Crippen LogP contribution is 2.47. The van der Waals surface area contributed by atoms with E-state index in [9.17, 15) is 0 Å². The van der Waals surface area contributed by atoms with Crippen LogP contribution in [0.25, 0.3) is 0 Å². The van der Waals surface area contributed by atoms with Gasteiger partial charge in [0, 0.05) is 9.75 Å². The fourth-order valence-electron chi connectivity index (χ4n) is 1.89. The summed E-state index contributed by atoms with van der Waals surface area (Å²) in [6.07, 6.45) is 2.85. The first-order chi connectivity index (χ1) is 6.59. The molecular weight excluding hydrogens is 188 g/mol. The van der Waals surface area contributed by atoms with E-state index in [4.69, 9.17) is 0 Å². The Kier molecular flexibility index (Phi) is 2.70. The zero-order valence-electron chi connectivity index (χ0n) is 9.63. The Bertz CT molecular complexity index is 296. The van der Waals surface area contributed by atoms with Crippen LogP contribution in [0, 0.1) is 0 Å². The van der Waals surface area contributed by atoms with Crippen molar-refractivity contribution in [2.75, 3.05) is 0 Å². The lowest BCUT2D eigenvalue weighted by Crippen LogP contribution is -1.87. The van der Waals surface area contributed by atoms with E-state index in [-0.39, 0.29) is 0 Å². The molecule has 1 heteroatoms. The first kappa shape index (κ1) is 10.2. The van der Waals surface area contributed by atoms with Crippen molar-refractivity contribution in [2.45, 2.75) is 58.3 Å². The molecule has 0 saturated heterocycles. The molecule has 0 aliphatic heterocycles. The molecule has 0 atom stereocenters. The van der Waals surface area contributed by atoms with E-state index in [0.717, 1.165) is 5.92 Å². The van der Waals surface area contributed by atoms with Gasteiger partial charge in [-0.05, 0) is 42.2 Å². The molecular formula is C13H20S. The first-order valence-corrected chi connectivity index (χ1v) is 6.54. The molecule has 0 N–H and O–H groups in total. The monoisotopic (exact) mass is 208 g/mol. The smallest absolute Gasteiger partial charge is 0.0108 e. The SMILES string of the molecule is CC(C)c1cc(C2CC2)c(C(C)C)s1. The molecule has 78 valence electrons. The Balaban J connectivity index is 2.35. The summed E-state index contributed by atoms with van der Waals surface area (Å²) in [6.45, 7) is 9.24. The standard InChI is InChI=1S/C13H20S/c1-8(2)12-7-11(10-5-6-10)13(14-12)9(3)4/h7-10H,5-6H2,1-4H3. The van der Waals surface area contributed by atoms with E-state index in [1.165, 1.54) is 12.8 Å². The second-order valence-corrected chi connectivity index (χ2v) is 6.17. The number of hydrogen-bond acceptors (Lipinski definition) is 1. The van der Waals surface area contributed by atoms with Gasteiger partial charge in [0.05, 0.1) is 0 Å². The highest BCUT2D eigenvalue weighted by molar-refractivity contribution is 7.12. The molecule has 0 radical (unpaired) electrons. The summed E-state index contributed by atoms with van der Waals surface area (Å²) in [5.74, 6) is 2.32. The Morgan fingerprint density at radius 3 is 2.21 bits per heavy atom. The molecule has 14 heavy (non-hydrogen) atoms. The van der Waals surface area contributed by atoms with Gasteiger partial charge in [0.25, 0.3) is 0 Å². The minimum Gasteiger partial charge on any atom is -0.145 e. The maximum absolute atomic E-state index is 2.47. The summed E-state index contributed by atoms with van der Waals surface area (Å²) in [4.78, 5) is 3.23. The van der Waals surface area contributed by atoms with Crippen LogP contribution in [0.4, 0.5) is 0 Å². The van der Waals surface area contributed by atoms with Gasteiger partial charge in [-0.3, -0.25) is 0 Å². The van der Waals surface area contributed by atoms with Gasteiger partial charge < -0.3 is 0 Å². The Hall–Kier alpha value is -0.300. The van der Waals surface area contributed by atoms with Crippen LogP contribution in [0.1, 0.15) is 73.6 Å². The molecule has 0 amide bonds. The summed E-state index contributed by atoms with van der Waals surface area (Å²) in [5.41, 5.74) is 1.67. The Morgan fingerprint density at radius 1 is 1.14 bits per heavy atom. The van der Waals surface area contributed by atoms with Crippen molar-refractivity contribution in [1.29, 1.82) is 0 Å². The fraction of sp³-hybridized carbons (Fsp3) is 0.692. The number of hydrogen-bond donors (Lipinski definition) is 0. The first-order valence-electron chi connectivity index (χ1n) is 5.73. The van der Waals surface area contributed by atoms with Gasteiger partial charge in [-0.15, -0.1) is 11.3 Å². The average Bonchev–Trinajstić information content (AvgIpc) is 2.83. The van der Waals surface area contributed by atoms with Crippen molar-refractivity contribution in [3.05, 3.63) is 21.4 Å². The molecule has 2 rings (SSSR count). The van der Waals surface area contributed by atoms with Crippen molar-refractivity contribution in [3.8, 4) is 0 Å². The molecule has 0 bridgehead atoms. The lowest BCUT2D eigenvalue weighted by Gasteiger charge is -2.04. The molecule has 1 aromatic rings. The second kappa shape index (κ2) is 3.69. The molecule has 0 nitrogen and oxygen atoms in total. The van der Waals surface area contributed by atoms with Crippen molar-refractivity contribution in [2.24, 2.45) is 0 Å². The van der Waals surface area contributed by atoms with E-state index in [1.807, 2.05) is 11.3 Å². The maximum atomic E-state index is 2.47. The largest absolute Gasteiger partial charge is 0.145 e. The zero-order valence-corrected chi connectivity index (χ0v) is 10.4. The van der Waals surface area contributed by atoms with Crippen LogP contribution in [0.5, 0.6) is 0 Å². The highest BCUT2D eigenvalue weighted by atomic mass is 32.1. The predicted octanol–water partition coefficient (Wildman–Crippen LogP) is 4.87. The van der Waals surface area contributed by atoms with Gasteiger partial charge in [-0.2, -0.15) is 0 Å². The van der Waals surface area contributed by atoms with Crippen LogP contribution in [-0.2, 0) is 0 Å². The molecule has 1 aliphatic rings. The van der Waals surface area contributed by atoms with Gasteiger partial charge >= 0.3 is 0 Å². The van der Waals surface area contributed by atoms with Crippen molar-refractivity contribution in [1.82, 2.24) is 0 Å². The quantitative estimate of drug-likeness (QED) is 0.664. The topological polar surface area (TPSA) is 0 Å². The third-order valence-electron chi connectivity index (χ3n) is 2.92. The third kappa shape index (κ3) is 1.88. The normalized spacial score (nSPS) is 17.0. The van der Waals surface area contributed by atoms with E-state index in [1.54, 1.807) is 15.3 Å². The fourth-order valence-corrected chi connectivity index (χ4v) is 3.14. The highest BCUT2D eigenvalue weighted by Gasteiger charge is 2.28. The summed E-state index contributed by atoms with van der Waals surface area (Å²) in [7, 11) is 0. The molecule has 1 aliphatic carbocycles. The minimum absolute atomic E-state index is 0.699. The summed E-state index contributed by atoms with van der Waals surface area (Å²) >= 11 is 2.04. The summed E-state index contributed by atoms with van der Waals surface area (Å²) in [5, 5.41) is 0. The molecule has 0 spiro atoms. The van der Waals surface area contributed by atoms with E-state index < -0.39 is 0 Å². The zero-order chi connectivity index (χ0) is 10.3. The lowest BCUT2D eigenvalue weighted by atomic mass is 10.0. The van der Waals surface area contributed by atoms with E-state index in [0.29, 0.717) is 11.8 Å². The molecule has 1 fully saturated rings. The van der Waals surface area contributed by atoms with E-state index in [2.05, 4.69) is 33.8 Å². The van der Waals surface area contributed by atoms with Gasteiger partial charge in [-0.25, -0.2) is 0 Å². The number of thiophene rings is 1. The second-order valence-electron chi connectivity index (χ2n) is 5.05. The lowest BCUT2D eigenvalue weighted by molar-refractivity contribution is 0.866. The minimum atomic E-state index is 0.699. The van der Waals surface area contributed by atoms with Gasteiger partial charge in [0.2, 0.25) is 0 Å². The molecule has 0 unspecified atom stereocenters. The van der Waals surface area contributed by atoms with Crippen LogP contribution in [0.2, 0.25) is 0 Å². The van der Waals surface area contributed by atoms with Crippen molar-refractivity contribution >= 4 is 11.3 Å². The van der Waals surface area contributed by atoms with Crippen LogP contribution < -0.4 is 0 Å². The predicted molar refractivity (Wildman–Crippen MR) is 64.5 cm³/mol. The molecule has 1 aromatic heterocycles. The number of rotatable bonds is 3. The maximum Gasteiger partial charge on any atom is 0.0108 e. The Labute approximate surface area is 91.4 Å². The van der Waals surface area contributed by atoms with E-state index >= 15 is 0 Å². The summed E-state index contributed by atoms with van der Waals surface area (Å²) < 4.78 is 0. The Morgan fingerprint density at radius 2 is 1.79 bits per heavy atom. The van der Waals surface area contributed by atoms with Crippen molar-refractivity contribution < 1.29 is 0 Å². The van der Waals surface area contributed by atoms with Gasteiger partial charge in [-0.1, -0.05) is 27.7 Å². The van der Waals surface area contributed by atoms with Crippen LogP contribution in [-0.4, -0.2) is 0 Å².